The van der Waals surface area contributed by atoms with Crippen LogP contribution in [0.3, 0.4) is 0 Å². The van der Waals surface area contributed by atoms with Crippen LogP contribution >= 0.6 is 0 Å². The van der Waals surface area contributed by atoms with Gasteiger partial charge in [0.15, 0.2) is 0 Å². The summed E-state index contributed by atoms with van der Waals surface area (Å²) in [5, 5.41) is 0. The average Bonchev–Trinajstić information content (AvgIpc) is 2.30. The zero-order valence-corrected chi connectivity index (χ0v) is 10.8. The minimum Gasteiger partial charge on any atom is -0.369 e. The van der Waals surface area contributed by atoms with E-state index in [0.717, 1.165) is 6.42 Å². The van der Waals surface area contributed by atoms with Crippen molar-refractivity contribution in [1.29, 1.82) is 0 Å². The van der Waals surface area contributed by atoms with Crippen molar-refractivity contribution >= 4 is 0 Å². The number of hydrogen-bond acceptors (Lipinski definition) is 2. The van der Waals surface area contributed by atoms with Crippen LogP contribution < -0.4 is 5.73 Å². The Bertz CT molecular complexity index is 343. The Morgan fingerprint density at radius 3 is 2.44 bits per heavy atom. The molecule has 2 nitrogen and oxygen atoms in total. The van der Waals surface area contributed by atoms with Crippen molar-refractivity contribution in [3.05, 3.63) is 34.9 Å². The van der Waals surface area contributed by atoms with Crippen LogP contribution in [0.25, 0.3) is 0 Å². The standard InChI is InChI=1S/C14H23NO/c1-5-14(4,10-15)16-9-13-7-6-11(2)12(3)8-13/h6-8H,5,9-10,15H2,1-4H3. The molecular weight excluding hydrogens is 198 g/mol. The first kappa shape index (κ1) is 13.2. The Balaban J connectivity index is 2.64. The molecule has 0 amide bonds. The lowest BCUT2D eigenvalue weighted by Gasteiger charge is -2.27. The number of aryl methyl sites for hydroxylation is 2. The van der Waals surface area contributed by atoms with Gasteiger partial charge in [-0.15, -0.1) is 0 Å². The smallest absolute Gasteiger partial charge is 0.0778 e. The van der Waals surface area contributed by atoms with Crippen LogP contribution in [0.2, 0.25) is 0 Å². The van der Waals surface area contributed by atoms with Gasteiger partial charge >= 0.3 is 0 Å². The van der Waals surface area contributed by atoms with Crippen LogP contribution in [0.5, 0.6) is 0 Å². The van der Waals surface area contributed by atoms with Crippen LogP contribution in [0.1, 0.15) is 37.0 Å². The monoisotopic (exact) mass is 221 g/mol. The quantitative estimate of drug-likeness (QED) is 0.829. The average molecular weight is 221 g/mol. The summed E-state index contributed by atoms with van der Waals surface area (Å²) in [4.78, 5) is 0. The fourth-order valence-corrected chi connectivity index (χ4v) is 1.46. The summed E-state index contributed by atoms with van der Waals surface area (Å²) >= 11 is 0. The maximum Gasteiger partial charge on any atom is 0.0778 e. The van der Waals surface area contributed by atoms with Gasteiger partial charge < -0.3 is 10.5 Å². The van der Waals surface area contributed by atoms with Crippen LogP contribution in [0.15, 0.2) is 18.2 Å². The van der Waals surface area contributed by atoms with E-state index in [2.05, 4.69) is 45.9 Å². The van der Waals surface area contributed by atoms with Gasteiger partial charge in [0, 0.05) is 6.54 Å². The SMILES string of the molecule is CCC(C)(CN)OCc1ccc(C)c(C)c1. The zero-order chi connectivity index (χ0) is 12.2. The van der Waals surface area contributed by atoms with Crippen molar-refractivity contribution in [1.82, 2.24) is 0 Å². The molecule has 0 heterocycles. The second kappa shape index (κ2) is 5.46. The maximum absolute atomic E-state index is 5.88. The molecule has 0 aliphatic heterocycles. The molecular formula is C14H23NO. The Morgan fingerprint density at radius 2 is 1.94 bits per heavy atom. The highest BCUT2D eigenvalue weighted by Crippen LogP contribution is 2.17. The van der Waals surface area contributed by atoms with Gasteiger partial charge in [0.2, 0.25) is 0 Å². The lowest BCUT2D eigenvalue weighted by atomic mass is 10.0. The molecule has 0 aliphatic carbocycles. The first-order valence-corrected chi connectivity index (χ1v) is 5.91. The van der Waals surface area contributed by atoms with Gasteiger partial charge in [0.25, 0.3) is 0 Å². The van der Waals surface area contributed by atoms with Gasteiger partial charge in [-0.25, -0.2) is 0 Å². The minimum absolute atomic E-state index is 0.196. The van der Waals surface area contributed by atoms with Gasteiger partial charge in [-0.1, -0.05) is 25.1 Å². The normalized spacial score (nSPS) is 14.8. The van der Waals surface area contributed by atoms with Crippen LogP contribution in [-0.2, 0) is 11.3 Å². The Morgan fingerprint density at radius 1 is 1.25 bits per heavy atom. The molecule has 16 heavy (non-hydrogen) atoms. The first-order chi connectivity index (χ1) is 7.50. The van der Waals surface area contributed by atoms with E-state index in [1.54, 1.807) is 0 Å². The number of benzene rings is 1. The van der Waals surface area contributed by atoms with Gasteiger partial charge in [-0.05, 0) is 43.9 Å². The molecule has 1 rings (SSSR count). The lowest BCUT2D eigenvalue weighted by molar-refractivity contribution is -0.0388. The molecule has 0 aromatic heterocycles. The molecule has 0 aliphatic rings. The van der Waals surface area contributed by atoms with Crippen LogP contribution in [0.4, 0.5) is 0 Å². The Kier molecular flexibility index (Phi) is 4.51. The summed E-state index contributed by atoms with van der Waals surface area (Å²) in [6.45, 7) is 9.62. The first-order valence-electron chi connectivity index (χ1n) is 5.91. The van der Waals surface area contributed by atoms with Gasteiger partial charge in [-0.3, -0.25) is 0 Å². The van der Waals surface area contributed by atoms with Gasteiger partial charge in [-0.2, -0.15) is 0 Å². The zero-order valence-electron chi connectivity index (χ0n) is 10.8. The highest BCUT2D eigenvalue weighted by Gasteiger charge is 2.20. The van der Waals surface area contributed by atoms with E-state index in [4.69, 9.17) is 10.5 Å². The van der Waals surface area contributed by atoms with Gasteiger partial charge in [0.05, 0.1) is 12.2 Å². The fraction of sp³-hybridized carbons (Fsp3) is 0.571. The predicted molar refractivity (Wildman–Crippen MR) is 68.5 cm³/mol. The molecule has 0 saturated carbocycles. The molecule has 0 radical (unpaired) electrons. The topological polar surface area (TPSA) is 35.2 Å². The van der Waals surface area contributed by atoms with Crippen LogP contribution in [-0.4, -0.2) is 12.1 Å². The summed E-state index contributed by atoms with van der Waals surface area (Å²) in [7, 11) is 0. The van der Waals surface area contributed by atoms with E-state index in [1.165, 1.54) is 16.7 Å². The highest BCUT2D eigenvalue weighted by atomic mass is 16.5. The number of nitrogens with two attached hydrogens (primary N) is 1. The second-order valence-electron chi connectivity index (χ2n) is 4.71. The number of rotatable bonds is 5. The van der Waals surface area contributed by atoms with E-state index in [0.29, 0.717) is 13.2 Å². The van der Waals surface area contributed by atoms with Gasteiger partial charge in [0.1, 0.15) is 0 Å². The second-order valence-corrected chi connectivity index (χ2v) is 4.71. The largest absolute Gasteiger partial charge is 0.369 e. The molecule has 0 saturated heterocycles. The summed E-state index contributed by atoms with van der Waals surface area (Å²) in [5.41, 5.74) is 9.37. The molecule has 1 unspecified atom stereocenters. The minimum atomic E-state index is -0.196. The molecule has 2 N–H and O–H groups in total. The number of hydrogen-bond donors (Lipinski definition) is 1. The molecule has 0 fully saturated rings. The molecule has 1 aromatic carbocycles. The molecule has 1 atom stereocenters. The fourth-order valence-electron chi connectivity index (χ4n) is 1.46. The molecule has 0 spiro atoms. The van der Waals surface area contributed by atoms with Crippen molar-refractivity contribution in [3.63, 3.8) is 0 Å². The molecule has 0 bridgehead atoms. The van der Waals surface area contributed by atoms with E-state index >= 15 is 0 Å². The van der Waals surface area contributed by atoms with Crippen molar-refractivity contribution in [2.24, 2.45) is 5.73 Å². The van der Waals surface area contributed by atoms with Crippen LogP contribution in [0, 0.1) is 13.8 Å². The Hall–Kier alpha value is -0.860. The molecule has 2 heteroatoms. The van der Waals surface area contributed by atoms with Crippen molar-refractivity contribution < 1.29 is 4.74 Å². The summed E-state index contributed by atoms with van der Waals surface area (Å²) < 4.78 is 5.88. The third-order valence-corrected chi connectivity index (χ3v) is 3.34. The summed E-state index contributed by atoms with van der Waals surface area (Å²) in [6, 6.07) is 6.44. The molecule has 90 valence electrons. The van der Waals surface area contributed by atoms with E-state index in [-0.39, 0.29) is 5.60 Å². The van der Waals surface area contributed by atoms with Crippen molar-refractivity contribution in [3.8, 4) is 0 Å². The number of ether oxygens (including phenoxy) is 1. The summed E-state index contributed by atoms with van der Waals surface area (Å²) in [5.74, 6) is 0. The third-order valence-electron chi connectivity index (χ3n) is 3.34. The Labute approximate surface area is 98.8 Å². The summed E-state index contributed by atoms with van der Waals surface area (Å²) in [6.07, 6.45) is 0.939. The van der Waals surface area contributed by atoms with Crippen molar-refractivity contribution in [2.75, 3.05) is 6.54 Å². The molecule has 1 aromatic rings. The van der Waals surface area contributed by atoms with E-state index in [1.807, 2.05) is 0 Å². The van der Waals surface area contributed by atoms with E-state index in [9.17, 15) is 0 Å². The third kappa shape index (κ3) is 3.32. The van der Waals surface area contributed by atoms with Crippen molar-refractivity contribution in [2.45, 2.75) is 46.3 Å². The lowest BCUT2D eigenvalue weighted by Crippen LogP contribution is -2.36. The highest BCUT2D eigenvalue weighted by molar-refractivity contribution is 5.29. The predicted octanol–water partition coefficient (Wildman–Crippen LogP) is 2.95. The maximum atomic E-state index is 5.88. The van der Waals surface area contributed by atoms with E-state index < -0.39 is 0 Å².